The van der Waals surface area contributed by atoms with Crippen LogP contribution in [0.2, 0.25) is 0 Å². The Morgan fingerprint density at radius 3 is 2.74 bits per heavy atom. The number of hydrogen-bond acceptors (Lipinski definition) is 4. The largest absolute Gasteiger partial charge is 0.494 e. The van der Waals surface area contributed by atoms with Gasteiger partial charge in [0.05, 0.1) is 6.61 Å². The molecule has 4 nitrogen and oxygen atoms in total. The van der Waals surface area contributed by atoms with Crippen LogP contribution in [-0.2, 0) is 0 Å². The highest BCUT2D eigenvalue weighted by atomic mass is 16.5. The smallest absolute Gasteiger partial charge is 0.166 e. The van der Waals surface area contributed by atoms with Crippen molar-refractivity contribution in [1.29, 1.82) is 0 Å². The van der Waals surface area contributed by atoms with E-state index in [1.165, 1.54) is 0 Å². The van der Waals surface area contributed by atoms with E-state index in [0.717, 1.165) is 29.8 Å². The number of hydrogen-bond donors (Lipinski definition) is 1. The first-order chi connectivity index (χ1) is 9.28. The summed E-state index contributed by atoms with van der Waals surface area (Å²) in [7, 11) is 0. The number of aliphatic hydroxyl groups excluding tert-OH is 1. The Labute approximate surface area is 112 Å². The average Bonchev–Trinajstić information content (AvgIpc) is 3.17. The third-order valence-electron chi connectivity index (χ3n) is 3.35. The van der Waals surface area contributed by atoms with Crippen LogP contribution in [-0.4, -0.2) is 16.9 Å². The summed E-state index contributed by atoms with van der Waals surface area (Å²) in [6, 6.07) is 9.51. The van der Waals surface area contributed by atoms with Crippen molar-refractivity contribution in [2.45, 2.75) is 25.9 Å². The van der Waals surface area contributed by atoms with Gasteiger partial charge in [-0.05, 0) is 49.9 Å². The van der Waals surface area contributed by atoms with E-state index in [2.05, 4.69) is 5.16 Å². The molecule has 4 heteroatoms. The minimum Gasteiger partial charge on any atom is -0.494 e. The molecule has 0 amide bonds. The van der Waals surface area contributed by atoms with Gasteiger partial charge >= 0.3 is 0 Å². The van der Waals surface area contributed by atoms with Crippen LogP contribution in [0, 0.1) is 5.92 Å². The Morgan fingerprint density at radius 1 is 1.37 bits per heavy atom. The van der Waals surface area contributed by atoms with Gasteiger partial charge in [-0.15, -0.1) is 0 Å². The molecule has 1 atom stereocenters. The molecule has 100 valence electrons. The lowest BCUT2D eigenvalue weighted by Gasteiger charge is -2.03. The Balaban J connectivity index is 1.77. The van der Waals surface area contributed by atoms with E-state index in [9.17, 15) is 5.11 Å². The normalized spacial score (nSPS) is 16.3. The molecule has 1 aliphatic carbocycles. The second kappa shape index (κ2) is 5.05. The zero-order valence-electron chi connectivity index (χ0n) is 10.9. The highest BCUT2D eigenvalue weighted by molar-refractivity contribution is 5.59. The van der Waals surface area contributed by atoms with E-state index >= 15 is 0 Å². The predicted octanol–water partition coefficient (Wildman–Crippen LogP) is 3.18. The van der Waals surface area contributed by atoms with Crippen molar-refractivity contribution in [1.82, 2.24) is 5.16 Å². The van der Waals surface area contributed by atoms with Gasteiger partial charge in [0.1, 0.15) is 17.5 Å². The number of benzene rings is 1. The monoisotopic (exact) mass is 259 g/mol. The van der Waals surface area contributed by atoms with Crippen molar-refractivity contribution in [3.63, 3.8) is 0 Å². The first kappa shape index (κ1) is 12.2. The van der Waals surface area contributed by atoms with Gasteiger partial charge in [-0.3, -0.25) is 0 Å². The van der Waals surface area contributed by atoms with Gasteiger partial charge in [-0.1, -0.05) is 5.16 Å². The number of ether oxygens (including phenoxy) is 1. The van der Waals surface area contributed by atoms with Crippen LogP contribution in [0.5, 0.6) is 5.75 Å². The molecule has 1 saturated carbocycles. The molecule has 2 aromatic rings. The maximum absolute atomic E-state index is 9.98. The summed E-state index contributed by atoms with van der Waals surface area (Å²) in [5.41, 5.74) is 1.71. The molecular weight excluding hydrogens is 242 g/mol. The maximum Gasteiger partial charge on any atom is 0.166 e. The van der Waals surface area contributed by atoms with Crippen LogP contribution in [0.25, 0.3) is 11.3 Å². The summed E-state index contributed by atoms with van der Waals surface area (Å²) >= 11 is 0. The van der Waals surface area contributed by atoms with Gasteiger partial charge in [-0.2, -0.15) is 0 Å². The molecule has 19 heavy (non-hydrogen) atoms. The van der Waals surface area contributed by atoms with E-state index in [1.54, 1.807) is 0 Å². The highest BCUT2D eigenvalue weighted by Crippen LogP contribution is 2.41. The predicted molar refractivity (Wildman–Crippen MR) is 70.8 cm³/mol. The summed E-state index contributed by atoms with van der Waals surface area (Å²) < 4.78 is 10.6. The lowest BCUT2D eigenvalue weighted by atomic mass is 10.1. The zero-order valence-corrected chi connectivity index (χ0v) is 10.9. The molecule has 1 unspecified atom stereocenters. The minimum absolute atomic E-state index is 0.348. The standard InChI is InChI=1S/C15H17NO3/c1-2-18-12-7-5-10(6-8-12)13-9-14(19-16-13)15(17)11-3-4-11/h5-9,11,15,17H,2-4H2,1H3. The van der Waals surface area contributed by atoms with E-state index in [4.69, 9.17) is 9.26 Å². The zero-order chi connectivity index (χ0) is 13.2. The summed E-state index contributed by atoms with van der Waals surface area (Å²) in [6.07, 6.45) is 1.63. The number of nitrogens with zero attached hydrogens (tertiary/aromatic N) is 1. The Bertz CT molecular complexity index is 543. The van der Waals surface area contributed by atoms with Crippen molar-refractivity contribution in [2.24, 2.45) is 5.92 Å². The molecule has 0 aliphatic heterocycles. The second-order valence-corrected chi connectivity index (χ2v) is 4.85. The van der Waals surface area contributed by atoms with Crippen LogP contribution >= 0.6 is 0 Å². The summed E-state index contributed by atoms with van der Waals surface area (Å²) in [5, 5.41) is 14.0. The molecule has 0 saturated heterocycles. The van der Waals surface area contributed by atoms with Crippen molar-refractivity contribution in [3.8, 4) is 17.0 Å². The van der Waals surface area contributed by atoms with Gasteiger partial charge in [0.2, 0.25) is 0 Å². The van der Waals surface area contributed by atoms with Gasteiger partial charge in [-0.25, -0.2) is 0 Å². The molecule has 1 aliphatic rings. The fourth-order valence-corrected chi connectivity index (χ4v) is 2.10. The lowest BCUT2D eigenvalue weighted by molar-refractivity contribution is 0.118. The van der Waals surface area contributed by atoms with Gasteiger partial charge < -0.3 is 14.4 Å². The molecule has 0 bridgehead atoms. The van der Waals surface area contributed by atoms with Crippen LogP contribution < -0.4 is 4.74 Å². The molecule has 1 aromatic heterocycles. The fourth-order valence-electron chi connectivity index (χ4n) is 2.10. The first-order valence-electron chi connectivity index (χ1n) is 6.66. The van der Waals surface area contributed by atoms with E-state index < -0.39 is 6.10 Å². The Hall–Kier alpha value is -1.81. The molecule has 1 fully saturated rings. The third-order valence-corrected chi connectivity index (χ3v) is 3.35. The average molecular weight is 259 g/mol. The van der Waals surface area contributed by atoms with Crippen molar-refractivity contribution >= 4 is 0 Å². The van der Waals surface area contributed by atoms with Gasteiger partial charge in [0.15, 0.2) is 5.76 Å². The van der Waals surface area contributed by atoms with Crippen LogP contribution in [0.4, 0.5) is 0 Å². The lowest BCUT2D eigenvalue weighted by Crippen LogP contribution is -1.96. The van der Waals surface area contributed by atoms with Crippen molar-refractivity contribution in [2.75, 3.05) is 6.61 Å². The second-order valence-electron chi connectivity index (χ2n) is 4.85. The number of aromatic nitrogens is 1. The summed E-state index contributed by atoms with van der Waals surface area (Å²) in [6.45, 7) is 2.61. The topological polar surface area (TPSA) is 55.5 Å². The summed E-state index contributed by atoms with van der Waals surface area (Å²) in [5.74, 6) is 1.75. The molecule has 0 spiro atoms. The van der Waals surface area contributed by atoms with Gasteiger partial charge in [0.25, 0.3) is 0 Å². The van der Waals surface area contributed by atoms with Crippen LogP contribution in [0.15, 0.2) is 34.9 Å². The van der Waals surface area contributed by atoms with Crippen molar-refractivity contribution < 1.29 is 14.4 Å². The van der Waals surface area contributed by atoms with Crippen molar-refractivity contribution in [3.05, 3.63) is 36.1 Å². The highest BCUT2D eigenvalue weighted by Gasteiger charge is 2.33. The molecule has 0 radical (unpaired) electrons. The minimum atomic E-state index is -0.510. The quantitative estimate of drug-likeness (QED) is 0.896. The summed E-state index contributed by atoms with van der Waals surface area (Å²) in [4.78, 5) is 0. The van der Waals surface area contributed by atoms with E-state index in [0.29, 0.717) is 18.3 Å². The third kappa shape index (κ3) is 2.63. The fraction of sp³-hybridized carbons (Fsp3) is 0.400. The first-order valence-corrected chi connectivity index (χ1v) is 6.66. The Morgan fingerprint density at radius 2 is 2.11 bits per heavy atom. The molecular formula is C15H17NO3. The van der Waals surface area contributed by atoms with Crippen LogP contribution in [0.1, 0.15) is 31.6 Å². The molecule has 1 aromatic carbocycles. The molecule has 1 heterocycles. The number of aliphatic hydroxyl groups is 1. The number of rotatable bonds is 5. The van der Waals surface area contributed by atoms with Gasteiger partial charge in [0, 0.05) is 11.6 Å². The Kier molecular flexibility index (Phi) is 3.25. The molecule has 3 rings (SSSR count). The van der Waals surface area contributed by atoms with Crippen LogP contribution in [0.3, 0.4) is 0 Å². The molecule has 1 N–H and O–H groups in total. The maximum atomic E-state index is 9.98. The SMILES string of the molecule is CCOc1ccc(-c2cc(C(O)C3CC3)on2)cc1. The van der Waals surface area contributed by atoms with E-state index in [-0.39, 0.29) is 0 Å². The van der Waals surface area contributed by atoms with E-state index in [1.807, 2.05) is 37.3 Å².